The predicted octanol–water partition coefficient (Wildman–Crippen LogP) is 3.92. The number of aromatic nitrogens is 1. The lowest BCUT2D eigenvalue weighted by Crippen LogP contribution is -2.46. The fourth-order valence-electron chi connectivity index (χ4n) is 4.60. The van der Waals surface area contributed by atoms with E-state index in [-0.39, 0.29) is 27.5 Å². The Bertz CT molecular complexity index is 594. The van der Waals surface area contributed by atoms with Gasteiger partial charge in [-0.2, -0.15) is 0 Å². The molecule has 3 rings (SSSR count). The predicted molar refractivity (Wildman–Crippen MR) is 82.3 cm³/mol. The molecule has 114 valence electrons. The minimum Gasteiger partial charge on any atom is -0.361 e. The van der Waals surface area contributed by atoms with Crippen molar-refractivity contribution >= 4 is 11.5 Å². The fourth-order valence-corrected chi connectivity index (χ4v) is 4.60. The Morgan fingerprint density at radius 2 is 2.10 bits per heavy atom. The van der Waals surface area contributed by atoms with E-state index in [1.165, 1.54) is 19.3 Å². The number of anilines is 1. The maximum atomic E-state index is 11.2. The highest BCUT2D eigenvalue weighted by molar-refractivity contribution is 5.57. The van der Waals surface area contributed by atoms with Gasteiger partial charge in [-0.3, -0.25) is 10.1 Å². The number of nitrogens with zero attached hydrogens (tertiary/aromatic N) is 2. The van der Waals surface area contributed by atoms with Crippen molar-refractivity contribution < 1.29 is 4.92 Å². The summed E-state index contributed by atoms with van der Waals surface area (Å²) < 4.78 is 0. The zero-order chi connectivity index (χ0) is 15.4. The first-order valence-corrected chi connectivity index (χ1v) is 7.62. The molecule has 1 aromatic heterocycles. The maximum absolute atomic E-state index is 11.2. The van der Waals surface area contributed by atoms with Crippen LogP contribution in [0.4, 0.5) is 11.5 Å². The molecule has 3 atom stereocenters. The van der Waals surface area contributed by atoms with Crippen LogP contribution in [0.2, 0.25) is 0 Å². The van der Waals surface area contributed by atoms with Gasteiger partial charge in [0, 0.05) is 17.8 Å². The summed E-state index contributed by atoms with van der Waals surface area (Å²) in [7, 11) is 0. The number of fused-ring (bicyclic) bond motifs is 2. The normalized spacial score (nSPS) is 33.1. The van der Waals surface area contributed by atoms with Gasteiger partial charge in [0.05, 0.1) is 4.92 Å². The smallest absolute Gasteiger partial charge is 0.311 e. The molecule has 0 radical (unpaired) electrons. The number of hydrogen-bond acceptors (Lipinski definition) is 4. The molecule has 21 heavy (non-hydrogen) atoms. The number of pyridine rings is 1. The summed E-state index contributed by atoms with van der Waals surface area (Å²) in [5, 5.41) is 14.7. The number of rotatable bonds is 3. The second-order valence-corrected chi connectivity index (χ2v) is 7.57. The van der Waals surface area contributed by atoms with Crippen LogP contribution in [0.25, 0.3) is 0 Å². The topological polar surface area (TPSA) is 68.1 Å². The van der Waals surface area contributed by atoms with E-state index < -0.39 is 0 Å². The highest BCUT2D eigenvalue weighted by atomic mass is 16.6. The summed E-state index contributed by atoms with van der Waals surface area (Å²) in [5.74, 6) is 1.12. The van der Waals surface area contributed by atoms with Gasteiger partial charge in [0.1, 0.15) is 0 Å². The van der Waals surface area contributed by atoms with E-state index >= 15 is 0 Å². The monoisotopic (exact) mass is 289 g/mol. The van der Waals surface area contributed by atoms with E-state index in [4.69, 9.17) is 0 Å². The third-order valence-corrected chi connectivity index (χ3v) is 5.76. The molecule has 3 unspecified atom stereocenters. The van der Waals surface area contributed by atoms with Crippen molar-refractivity contribution in [3.05, 3.63) is 27.9 Å². The van der Waals surface area contributed by atoms with Crippen molar-refractivity contribution in [3.63, 3.8) is 0 Å². The number of nitrogens with one attached hydrogen (secondary N) is 1. The second kappa shape index (κ2) is 4.42. The van der Waals surface area contributed by atoms with Crippen LogP contribution in [0.3, 0.4) is 0 Å². The lowest BCUT2D eigenvalue weighted by molar-refractivity contribution is -0.384. The van der Waals surface area contributed by atoms with Gasteiger partial charge in [-0.15, -0.1) is 0 Å². The van der Waals surface area contributed by atoms with E-state index in [1.54, 1.807) is 12.1 Å². The zero-order valence-electron chi connectivity index (χ0n) is 13.1. The standard InChI is InChI=1S/C16H23N3O2/c1-10-5-6-12(19(20)21)13(17-10)18-14-15(2,3)11-7-8-16(14,4)9-11/h5-6,11,14H,7-9H2,1-4H3,(H,17,18). The quantitative estimate of drug-likeness (QED) is 0.676. The molecule has 2 bridgehead atoms. The van der Waals surface area contributed by atoms with Crippen LogP contribution in [0, 0.1) is 33.8 Å². The Morgan fingerprint density at radius 1 is 1.38 bits per heavy atom. The van der Waals surface area contributed by atoms with Gasteiger partial charge in [-0.05, 0) is 49.0 Å². The van der Waals surface area contributed by atoms with Crippen LogP contribution in [0.15, 0.2) is 12.1 Å². The first kappa shape index (κ1) is 14.3. The van der Waals surface area contributed by atoms with Crippen LogP contribution in [0.1, 0.15) is 45.7 Å². The molecule has 0 spiro atoms. The Kier molecular flexibility index (Phi) is 3.01. The summed E-state index contributed by atoms with van der Waals surface area (Å²) in [4.78, 5) is 15.3. The van der Waals surface area contributed by atoms with Gasteiger partial charge in [-0.25, -0.2) is 4.98 Å². The zero-order valence-corrected chi connectivity index (χ0v) is 13.1. The van der Waals surface area contributed by atoms with E-state index in [1.807, 2.05) is 6.92 Å². The van der Waals surface area contributed by atoms with Gasteiger partial charge in [0.25, 0.3) is 0 Å². The molecule has 0 aliphatic heterocycles. The largest absolute Gasteiger partial charge is 0.361 e. The summed E-state index contributed by atoms with van der Waals surface area (Å²) >= 11 is 0. The Labute approximate surface area is 125 Å². The molecule has 2 aliphatic carbocycles. The van der Waals surface area contributed by atoms with Crippen molar-refractivity contribution in [2.45, 2.75) is 53.0 Å². The number of hydrogen-bond donors (Lipinski definition) is 1. The first-order chi connectivity index (χ1) is 9.74. The van der Waals surface area contributed by atoms with Crippen molar-refractivity contribution in [3.8, 4) is 0 Å². The van der Waals surface area contributed by atoms with Crippen LogP contribution >= 0.6 is 0 Å². The SMILES string of the molecule is Cc1ccc([N+](=O)[O-])c(NC2C3(C)CCC(C3)C2(C)C)n1. The lowest BCUT2D eigenvalue weighted by Gasteiger charge is -2.43. The van der Waals surface area contributed by atoms with Crippen LogP contribution in [-0.4, -0.2) is 15.9 Å². The molecule has 5 nitrogen and oxygen atoms in total. The van der Waals surface area contributed by atoms with Gasteiger partial charge in [0.2, 0.25) is 5.82 Å². The van der Waals surface area contributed by atoms with Gasteiger partial charge < -0.3 is 5.32 Å². The molecule has 0 aromatic carbocycles. The van der Waals surface area contributed by atoms with Crippen molar-refractivity contribution in [1.82, 2.24) is 4.98 Å². The molecule has 5 heteroatoms. The average Bonchev–Trinajstić information content (AvgIpc) is 2.85. The van der Waals surface area contributed by atoms with E-state index in [0.717, 1.165) is 5.69 Å². The molecular weight excluding hydrogens is 266 g/mol. The summed E-state index contributed by atoms with van der Waals surface area (Å²) in [6.07, 6.45) is 3.67. The van der Waals surface area contributed by atoms with Gasteiger partial charge in [0.15, 0.2) is 0 Å². The van der Waals surface area contributed by atoms with Crippen LogP contribution in [-0.2, 0) is 0 Å². The summed E-state index contributed by atoms with van der Waals surface area (Å²) in [6.45, 7) is 8.73. The van der Waals surface area contributed by atoms with Crippen LogP contribution < -0.4 is 5.32 Å². The van der Waals surface area contributed by atoms with Crippen molar-refractivity contribution in [1.29, 1.82) is 0 Å². The lowest BCUT2D eigenvalue weighted by atomic mass is 9.68. The Balaban J connectivity index is 1.97. The summed E-state index contributed by atoms with van der Waals surface area (Å²) in [6, 6.07) is 3.47. The van der Waals surface area contributed by atoms with Crippen molar-refractivity contribution in [2.75, 3.05) is 5.32 Å². The Hall–Kier alpha value is -1.65. The van der Waals surface area contributed by atoms with E-state index in [0.29, 0.717) is 11.7 Å². The van der Waals surface area contributed by atoms with Gasteiger partial charge in [-0.1, -0.05) is 20.8 Å². The van der Waals surface area contributed by atoms with E-state index in [2.05, 4.69) is 31.1 Å². The third-order valence-electron chi connectivity index (χ3n) is 5.76. The first-order valence-electron chi connectivity index (χ1n) is 7.62. The minimum absolute atomic E-state index is 0.0720. The number of aryl methyl sites for hydroxylation is 1. The molecule has 2 saturated carbocycles. The molecule has 0 amide bonds. The highest BCUT2D eigenvalue weighted by Gasteiger charge is 2.59. The average molecular weight is 289 g/mol. The maximum Gasteiger partial charge on any atom is 0.311 e. The molecular formula is C16H23N3O2. The third kappa shape index (κ3) is 2.10. The molecule has 2 aliphatic rings. The molecule has 1 N–H and O–H groups in total. The number of nitro groups is 1. The highest BCUT2D eigenvalue weighted by Crippen LogP contribution is 2.63. The fraction of sp³-hybridized carbons (Fsp3) is 0.688. The summed E-state index contributed by atoms with van der Waals surface area (Å²) in [5.41, 5.74) is 1.23. The molecule has 2 fully saturated rings. The molecule has 1 aromatic rings. The van der Waals surface area contributed by atoms with E-state index in [9.17, 15) is 10.1 Å². The van der Waals surface area contributed by atoms with Crippen LogP contribution in [0.5, 0.6) is 0 Å². The molecule has 1 heterocycles. The molecule has 0 saturated heterocycles. The Morgan fingerprint density at radius 3 is 2.67 bits per heavy atom. The minimum atomic E-state index is -0.350. The second-order valence-electron chi connectivity index (χ2n) is 7.57. The van der Waals surface area contributed by atoms with Crippen molar-refractivity contribution in [2.24, 2.45) is 16.7 Å². The van der Waals surface area contributed by atoms with Gasteiger partial charge >= 0.3 is 5.69 Å².